The van der Waals surface area contributed by atoms with Gasteiger partial charge in [0.15, 0.2) is 0 Å². The van der Waals surface area contributed by atoms with Gasteiger partial charge in [-0.05, 0) is 18.9 Å². The summed E-state index contributed by atoms with van der Waals surface area (Å²) in [5.41, 5.74) is 7.00. The number of fused-ring (bicyclic) bond motifs is 1. The van der Waals surface area contributed by atoms with E-state index in [0.717, 1.165) is 25.0 Å². The number of rotatable bonds is 2. The zero-order chi connectivity index (χ0) is 12.5. The smallest absolute Gasteiger partial charge is 0.257 e. The Morgan fingerprint density at radius 3 is 3.17 bits per heavy atom. The first-order valence-corrected chi connectivity index (χ1v) is 6.06. The van der Waals surface area contributed by atoms with Gasteiger partial charge in [0.2, 0.25) is 0 Å². The third-order valence-corrected chi connectivity index (χ3v) is 3.46. The van der Waals surface area contributed by atoms with Crippen LogP contribution in [0.5, 0.6) is 0 Å². The van der Waals surface area contributed by atoms with Crippen LogP contribution >= 0.6 is 0 Å². The molecule has 0 aromatic carbocycles. The third kappa shape index (κ3) is 1.74. The Bertz CT molecular complexity index is 579. The molecule has 1 amide bonds. The second kappa shape index (κ2) is 4.38. The molecular formula is C12H15N5O. The van der Waals surface area contributed by atoms with Crippen molar-refractivity contribution in [3.63, 3.8) is 0 Å². The quantitative estimate of drug-likeness (QED) is 0.817. The van der Waals surface area contributed by atoms with Gasteiger partial charge in [-0.2, -0.15) is 5.10 Å². The van der Waals surface area contributed by atoms with Gasteiger partial charge in [-0.25, -0.2) is 4.52 Å². The van der Waals surface area contributed by atoms with Crippen LogP contribution in [0.2, 0.25) is 0 Å². The summed E-state index contributed by atoms with van der Waals surface area (Å²) in [5, 5.41) is 4.15. The summed E-state index contributed by atoms with van der Waals surface area (Å²) in [7, 11) is 0. The molecule has 0 radical (unpaired) electrons. The number of nitrogens with two attached hydrogens (primary N) is 1. The number of likely N-dealkylation sites (tertiary alicyclic amines) is 1. The van der Waals surface area contributed by atoms with Crippen molar-refractivity contribution >= 4 is 11.4 Å². The molecule has 2 aromatic heterocycles. The van der Waals surface area contributed by atoms with Crippen molar-refractivity contribution in [3.8, 4) is 0 Å². The van der Waals surface area contributed by atoms with Crippen LogP contribution in [0.15, 0.2) is 24.8 Å². The van der Waals surface area contributed by atoms with E-state index in [1.165, 1.54) is 0 Å². The molecule has 0 aliphatic carbocycles. The van der Waals surface area contributed by atoms with Crippen LogP contribution in [0.25, 0.3) is 5.52 Å². The monoisotopic (exact) mass is 245 g/mol. The number of carbonyl (C=O) groups excluding carboxylic acids is 1. The summed E-state index contributed by atoms with van der Waals surface area (Å²) in [6.07, 6.45) is 7.64. The minimum atomic E-state index is 0.0222. The van der Waals surface area contributed by atoms with E-state index >= 15 is 0 Å². The van der Waals surface area contributed by atoms with Gasteiger partial charge in [0.05, 0.1) is 23.5 Å². The van der Waals surface area contributed by atoms with Gasteiger partial charge in [0.1, 0.15) is 0 Å². The maximum Gasteiger partial charge on any atom is 0.257 e. The van der Waals surface area contributed by atoms with Crippen LogP contribution in [-0.2, 0) is 0 Å². The van der Waals surface area contributed by atoms with Gasteiger partial charge >= 0.3 is 0 Å². The molecule has 1 atom stereocenters. The first-order chi connectivity index (χ1) is 8.79. The van der Waals surface area contributed by atoms with Gasteiger partial charge in [0.25, 0.3) is 5.91 Å². The Hall–Kier alpha value is -1.95. The van der Waals surface area contributed by atoms with Crippen molar-refractivity contribution in [3.05, 3.63) is 30.4 Å². The normalized spacial score (nSPS) is 19.6. The minimum absolute atomic E-state index is 0.0222. The lowest BCUT2D eigenvalue weighted by atomic mass is 10.1. The Labute approximate surface area is 104 Å². The van der Waals surface area contributed by atoms with Gasteiger partial charge in [-0.15, -0.1) is 0 Å². The molecule has 6 heteroatoms. The average Bonchev–Trinajstić information content (AvgIpc) is 3.04. The molecule has 3 rings (SSSR count). The second-order valence-electron chi connectivity index (χ2n) is 4.61. The van der Waals surface area contributed by atoms with Crippen LogP contribution in [0, 0.1) is 5.92 Å². The van der Waals surface area contributed by atoms with Gasteiger partial charge in [0, 0.05) is 25.5 Å². The lowest BCUT2D eigenvalue weighted by Gasteiger charge is -2.15. The number of hydrogen-bond donors (Lipinski definition) is 1. The summed E-state index contributed by atoms with van der Waals surface area (Å²) in [6, 6.07) is 0. The van der Waals surface area contributed by atoms with Crippen LogP contribution in [0.4, 0.5) is 0 Å². The van der Waals surface area contributed by atoms with Crippen LogP contribution < -0.4 is 5.73 Å². The highest BCUT2D eigenvalue weighted by Gasteiger charge is 2.27. The van der Waals surface area contributed by atoms with E-state index in [9.17, 15) is 4.79 Å². The average molecular weight is 245 g/mol. The molecule has 1 unspecified atom stereocenters. The Morgan fingerprint density at radius 2 is 2.39 bits per heavy atom. The highest BCUT2D eigenvalue weighted by atomic mass is 16.2. The first kappa shape index (κ1) is 11.2. The molecule has 1 saturated heterocycles. The topological polar surface area (TPSA) is 76.5 Å². The molecule has 6 nitrogen and oxygen atoms in total. The highest BCUT2D eigenvalue weighted by Crippen LogP contribution is 2.19. The van der Waals surface area contributed by atoms with E-state index in [0.29, 0.717) is 18.0 Å². The number of carbonyl (C=O) groups is 1. The number of nitrogens with zero attached hydrogens (tertiary/aromatic N) is 4. The number of amides is 1. The molecule has 0 saturated carbocycles. The summed E-state index contributed by atoms with van der Waals surface area (Å²) < 4.78 is 1.66. The van der Waals surface area contributed by atoms with E-state index < -0.39 is 0 Å². The van der Waals surface area contributed by atoms with Crippen molar-refractivity contribution in [2.45, 2.75) is 6.42 Å². The summed E-state index contributed by atoms with van der Waals surface area (Å²) >= 11 is 0. The summed E-state index contributed by atoms with van der Waals surface area (Å²) in [5.74, 6) is 0.447. The van der Waals surface area contributed by atoms with Crippen LogP contribution in [0.1, 0.15) is 16.8 Å². The molecule has 2 N–H and O–H groups in total. The van der Waals surface area contributed by atoms with Gasteiger partial charge < -0.3 is 10.6 Å². The summed E-state index contributed by atoms with van der Waals surface area (Å²) in [4.78, 5) is 18.3. The van der Waals surface area contributed by atoms with Crippen molar-refractivity contribution in [1.29, 1.82) is 0 Å². The van der Waals surface area contributed by atoms with E-state index in [1.54, 1.807) is 29.3 Å². The predicted octanol–water partition coefficient (Wildman–Crippen LogP) is 0.150. The van der Waals surface area contributed by atoms with Crippen LogP contribution in [0.3, 0.4) is 0 Å². The van der Waals surface area contributed by atoms with Gasteiger partial charge in [-0.1, -0.05) is 0 Å². The molecule has 1 aliphatic rings. The zero-order valence-electron chi connectivity index (χ0n) is 9.99. The molecule has 0 bridgehead atoms. The fraction of sp³-hybridized carbons (Fsp3) is 0.417. The highest BCUT2D eigenvalue weighted by molar-refractivity contribution is 6.00. The van der Waals surface area contributed by atoms with Crippen molar-refractivity contribution in [1.82, 2.24) is 19.5 Å². The molecule has 1 fully saturated rings. The standard InChI is InChI=1S/C12H15N5O/c13-5-9-1-3-16(8-9)12(18)10-6-15-17-4-2-14-7-11(10)17/h2,4,6-7,9H,1,3,5,8,13H2. The SMILES string of the molecule is NCC1CCN(C(=O)c2cnn3ccncc23)C1. The molecule has 2 aromatic rings. The maximum absolute atomic E-state index is 12.4. The Kier molecular flexibility index (Phi) is 2.71. The van der Waals surface area contributed by atoms with E-state index in [1.807, 2.05) is 4.90 Å². The third-order valence-electron chi connectivity index (χ3n) is 3.46. The van der Waals surface area contributed by atoms with E-state index in [-0.39, 0.29) is 5.91 Å². The lowest BCUT2D eigenvalue weighted by Crippen LogP contribution is -2.29. The Balaban J connectivity index is 1.89. The molecule has 94 valence electrons. The predicted molar refractivity (Wildman–Crippen MR) is 66.1 cm³/mol. The van der Waals surface area contributed by atoms with Crippen molar-refractivity contribution in [2.24, 2.45) is 11.7 Å². The zero-order valence-corrected chi connectivity index (χ0v) is 9.99. The molecular weight excluding hydrogens is 230 g/mol. The van der Waals surface area contributed by atoms with E-state index in [2.05, 4.69) is 10.1 Å². The fourth-order valence-electron chi connectivity index (χ4n) is 2.38. The maximum atomic E-state index is 12.4. The van der Waals surface area contributed by atoms with E-state index in [4.69, 9.17) is 5.73 Å². The largest absolute Gasteiger partial charge is 0.338 e. The molecule has 1 aliphatic heterocycles. The number of hydrogen-bond acceptors (Lipinski definition) is 4. The van der Waals surface area contributed by atoms with Crippen molar-refractivity contribution in [2.75, 3.05) is 19.6 Å². The molecule has 3 heterocycles. The molecule has 18 heavy (non-hydrogen) atoms. The lowest BCUT2D eigenvalue weighted by molar-refractivity contribution is 0.0789. The fourth-order valence-corrected chi connectivity index (χ4v) is 2.38. The van der Waals surface area contributed by atoms with Crippen molar-refractivity contribution < 1.29 is 4.79 Å². The summed E-state index contributed by atoms with van der Waals surface area (Å²) in [6.45, 7) is 2.16. The Morgan fingerprint density at radius 1 is 1.50 bits per heavy atom. The minimum Gasteiger partial charge on any atom is -0.338 e. The van der Waals surface area contributed by atoms with Crippen LogP contribution in [-0.4, -0.2) is 45.0 Å². The first-order valence-electron chi connectivity index (χ1n) is 6.06. The molecule has 0 spiro atoms. The number of aromatic nitrogens is 3. The second-order valence-corrected chi connectivity index (χ2v) is 4.61. The van der Waals surface area contributed by atoms with Gasteiger partial charge in [-0.3, -0.25) is 9.78 Å².